The molecule has 140 valence electrons. The van der Waals surface area contributed by atoms with Crippen LogP contribution in [-0.4, -0.2) is 36.3 Å². The van der Waals surface area contributed by atoms with Crippen LogP contribution < -0.4 is 21.3 Å². The van der Waals surface area contributed by atoms with E-state index in [0.29, 0.717) is 16.4 Å². The molecule has 5 amide bonds. The zero-order valence-corrected chi connectivity index (χ0v) is 15.4. The van der Waals surface area contributed by atoms with E-state index in [1.807, 2.05) is 0 Å². The summed E-state index contributed by atoms with van der Waals surface area (Å²) in [7, 11) is 0. The molecule has 1 aromatic carbocycles. The summed E-state index contributed by atoms with van der Waals surface area (Å²) in [6.07, 6.45) is 0. The zero-order chi connectivity index (χ0) is 19.4. The zero-order valence-electron chi connectivity index (χ0n) is 13.8. The number of halogens is 1. The van der Waals surface area contributed by atoms with Gasteiger partial charge < -0.3 is 16.0 Å². The Balaban J connectivity index is 1.65. The Hall–Kier alpha value is -2.91. The summed E-state index contributed by atoms with van der Waals surface area (Å²) < 4.78 is 0. The molecule has 1 saturated heterocycles. The fourth-order valence-electron chi connectivity index (χ4n) is 2.32. The van der Waals surface area contributed by atoms with Crippen LogP contribution in [0.1, 0.15) is 21.3 Å². The molecule has 0 saturated carbocycles. The van der Waals surface area contributed by atoms with E-state index in [1.165, 1.54) is 35.6 Å². The number of carbonyl (C=O) groups excluding carboxylic acids is 4. The first-order valence-electron chi connectivity index (χ1n) is 7.93. The van der Waals surface area contributed by atoms with Crippen molar-refractivity contribution in [2.24, 2.45) is 0 Å². The fraction of sp³-hybridized carbons (Fsp3) is 0.176. The third-order valence-electron chi connectivity index (χ3n) is 3.81. The third-order valence-corrected chi connectivity index (χ3v) is 5.00. The van der Waals surface area contributed by atoms with Crippen LogP contribution in [0.2, 0.25) is 5.02 Å². The second kappa shape index (κ2) is 8.19. The Morgan fingerprint density at radius 1 is 1.19 bits per heavy atom. The van der Waals surface area contributed by atoms with Gasteiger partial charge >= 0.3 is 6.03 Å². The minimum atomic E-state index is -1.03. The molecule has 0 radical (unpaired) electrons. The smallest absolute Gasteiger partial charge is 0.322 e. The molecule has 2 heterocycles. The van der Waals surface area contributed by atoms with Crippen molar-refractivity contribution < 1.29 is 19.2 Å². The van der Waals surface area contributed by atoms with Crippen molar-refractivity contribution in [1.29, 1.82) is 0 Å². The number of hydrogen-bond donors (Lipinski definition) is 4. The highest BCUT2D eigenvalue weighted by Gasteiger charge is 2.33. The van der Waals surface area contributed by atoms with Crippen molar-refractivity contribution in [3.8, 4) is 0 Å². The lowest BCUT2D eigenvalue weighted by atomic mass is 10.1. The number of amides is 5. The SMILES string of the molecule is O=C(NC(=O)c1ccc(Cl)cc1)NC(C(=O)NC1CNC1=O)c1cccs1. The van der Waals surface area contributed by atoms with Crippen molar-refractivity contribution in [2.75, 3.05) is 6.54 Å². The number of urea groups is 1. The summed E-state index contributed by atoms with van der Waals surface area (Å²) >= 11 is 7.04. The van der Waals surface area contributed by atoms with E-state index in [9.17, 15) is 19.2 Å². The lowest BCUT2D eigenvalue weighted by Gasteiger charge is -2.28. The van der Waals surface area contributed by atoms with Gasteiger partial charge in [0.05, 0.1) is 0 Å². The number of rotatable bonds is 5. The number of imide groups is 1. The number of benzene rings is 1. The summed E-state index contributed by atoms with van der Waals surface area (Å²) in [4.78, 5) is 48.7. The molecule has 1 aliphatic rings. The number of carbonyl (C=O) groups is 4. The van der Waals surface area contributed by atoms with Gasteiger partial charge in [0.2, 0.25) is 11.8 Å². The standard InChI is InChI=1S/C17H15ClN4O4S/c18-10-5-3-9(4-6-10)14(23)22-17(26)21-13(12-2-1-7-27-12)16(25)20-11-8-19-15(11)24/h1-7,11,13H,8H2,(H,19,24)(H,20,25)(H2,21,22,23,26). The lowest BCUT2D eigenvalue weighted by molar-refractivity contribution is -0.134. The van der Waals surface area contributed by atoms with Crippen LogP contribution in [0.4, 0.5) is 4.79 Å². The first-order valence-corrected chi connectivity index (χ1v) is 9.18. The molecular formula is C17H15ClN4O4S. The van der Waals surface area contributed by atoms with Crippen molar-refractivity contribution in [3.63, 3.8) is 0 Å². The second-order valence-corrected chi connectivity index (χ2v) is 7.10. The molecule has 2 atom stereocenters. The molecule has 1 aromatic heterocycles. The van der Waals surface area contributed by atoms with E-state index < -0.39 is 29.9 Å². The van der Waals surface area contributed by atoms with Gasteiger partial charge in [-0.1, -0.05) is 17.7 Å². The first kappa shape index (κ1) is 18.9. The van der Waals surface area contributed by atoms with Crippen molar-refractivity contribution in [1.82, 2.24) is 21.3 Å². The Kier molecular flexibility index (Phi) is 5.72. The van der Waals surface area contributed by atoms with Gasteiger partial charge in [-0.2, -0.15) is 0 Å². The van der Waals surface area contributed by atoms with Gasteiger partial charge in [-0.25, -0.2) is 4.79 Å². The topological polar surface area (TPSA) is 116 Å². The van der Waals surface area contributed by atoms with Crippen molar-refractivity contribution in [2.45, 2.75) is 12.1 Å². The number of nitrogens with one attached hydrogen (secondary N) is 4. The largest absolute Gasteiger partial charge is 0.352 e. The fourth-order valence-corrected chi connectivity index (χ4v) is 3.22. The first-order chi connectivity index (χ1) is 12.9. The molecule has 4 N–H and O–H groups in total. The van der Waals surface area contributed by atoms with Gasteiger partial charge in [-0.3, -0.25) is 19.7 Å². The molecule has 8 nitrogen and oxygen atoms in total. The average molecular weight is 407 g/mol. The van der Waals surface area contributed by atoms with E-state index in [4.69, 9.17) is 11.6 Å². The van der Waals surface area contributed by atoms with Gasteiger partial charge in [0.15, 0.2) is 0 Å². The number of hydrogen-bond acceptors (Lipinski definition) is 5. The van der Waals surface area contributed by atoms with Gasteiger partial charge in [0.25, 0.3) is 5.91 Å². The predicted octanol–water partition coefficient (Wildman–Crippen LogP) is 1.20. The van der Waals surface area contributed by atoms with Crippen LogP contribution in [0.3, 0.4) is 0 Å². The maximum Gasteiger partial charge on any atom is 0.322 e. The second-order valence-electron chi connectivity index (χ2n) is 5.69. The average Bonchev–Trinajstić information content (AvgIpc) is 3.17. The summed E-state index contributed by atoms with van der Waals surface area (Å²) in [6.45, 7) is 0.336. The molecule has 0 bridgehead atoms. The molecule has 1 fully saturated rings. The monoisotopic (exact) mass is 406 g/mol. The highest BCUT2D eigenvalue weighted by atomic mass is 35.5. The Morgan fingerprint density at radius 3 is 2.48 bits per heavy atom. The molecule has 1 aliphatic heterocycles. The van der Waals surface area contributed by atoms with Crippen LogP contribution in [0.25, 0.3) is 0 Å². The molecule has 0 aliphatic carbocycles. The highest BCUT2D eigenvalue weighted by molar-refractivity contribution is 7.10. The van der Waals surface area contributed by atoms with Crippen molar-refractivity contribution in [3.05, 3.63) is 57.2 Å². The van der Waals surface area contributed by atoms with Crippen LogP contribution in [0, 0.1) is 0 Å². The summed E-state index contributed by atoms with van der Waals surface area (Å²) in [6, 6.07) is 6.93. The highest BCUT2D eigenvalue weighted by Crippen LogP contribution is 2.19. The maximum atomic E-state index is 12.5. The van der Waals surface area contributed by atoms with Gasteiger partial charge in [0.1, 0.15) is 12.1 Å². The van der Waals surface area contributed by atoms with E-state index in [2.05, 4.69) is 21.3 Å². The molecular weight excluding hydrogens is 392 g/mol. The molecule has 10 heteroatoms. The minimum Gasteiger partial charge on any atom is -0.352 e. The molecule has 3 rings (SSSR count). The van der Waals surface area contributed by atoms with Gasteiger partial charge in [-0.15, -0.1) is 11.3 Å². The Labute approximate surface area is 163 Å². The summed E-state index contributed by atoms with van der Waals surface area (Å²) in [5.74, 6) is -1.45. The Bertz CT molecular complexity index is 870. The van der Waals surface area contributed by atoms with Gasteiger partial charge in [0, 0.05) is 22.0 Å². The predicted molar refractivity (Wildman–Crippen MR) is 99.5 cm³/mol. The van der Waals surface area contributed by atoms with E-state index in [0.717, 1.165) is 0 Å². The van der Waals surface area contributed by atoms with Crippen molar-refractivity contribution >= 4 is 46.7 Å². The normalized spacial score (nSPS) is 16.5. The lowest BCUT2D eigenvalue weighted by Crippen LogP contribution is -2.63. The quantitative estimate of drug-likeness (QED) is 0.558. The van der Waals surface area contributed by atoms with Crippen LogP contribution >= 0.6 is 22.9 Å². The van der Waals surface area contributed by atoms with Crippen LogP contribution in [0.5, 0.6) is 0 Å². The third kappa shape index (κ3) is 4.63. The molecule has 0 spiro atoms. The van der Waals surface area contributed by atoms with Gasteiger partial charge in [-0.05, 0) is 35.7 Å². The molecule has 27 heavy (non-hydrogen) atoms. The summed E-state index contributed by atoms with van der Waals surface area (Å²) in [5.41, 5.74) is 0.248. The van der Waals surface area contributed by atoms with E-state index in [-0.39, 0.29) is 11.5 Å². The minimum absolute atomic E-state index is 0.248. The number of thiophene rings is 1. The molecule has 2 unspecified atom stereocenters. The van der Waals surface area contributed by atoms with E-state index in [1.54, 1.807) is 17.5 Å². The summed E-state index contributed by atoms with van der Waals surface area (Å²) in [5, 5.41) is 11.9. The van der Waals surface area contributed by atoms with Crippen LogP contribution in [-0.2, 0) is 9.59 Å². The number of β-lactam (4-membered cyclic amide) rings is 1. The Morgan fingerprint density at radius 2 is 1.93 bits per heavy atom. The molecule has 2 aromatic rings. The van der Waals surface area contributed by atoms with E-state index >= 15 is 0 Å². The van der Waals surface area contributed by atoms with Crippen LogP contribution in [0.15, 0.2) is 41.8 Å². The maximum absolute atomic E-state index is 12.5.